The van der Waals surface area contributed by atoms with Crippen LogP contribution in [0, 0.1) is 6.92 Å². The van der Waals surface area contributed by atoms with Crippen molar-refractivity contribution in [3.8, 4) is 0 Å². The zero-order chi connectivity index (χ0) is 21.3. The second-order valence-corrected chi connectivity index (χ2v) is 7.69. The van der Waals surface area contributed by atoms with Gasteiger partial charge in [-0.2, -0.15) is 0 Å². The van der Waals surface area contributed by atoms with Crippen LogP contribution in [-0.4, -0.2) is 22.7 Å². The van der Waals surface area contributed by atoms with Crippen LogP contribution < -0.4 is 15.5 Å². The van der Waals surface area contributed by atoms with E-state index in [1.54, 1.807) is 61.0 Å². The molecule has 9 heteroatoms. The summed E-state index contributed by atoms with van der Waals surface area (Å²) in [6, 6.07) is 13.6. The summed E-state index contributed by atoms with van der Waals surface area (Å²) in [6.45, 7) is 1.81. The Morgan fingerprint density at radius 3 is 2.63 bits per heavy atom. The number of nitrogens with one attached hydrogen (secondary N) is 2. The Labute approximate surface area is 181 Å². The van der Waals surface area contributed by atoms with Crippen molar-refractivity contribution in [2.45, 2.75) is 6.92 Å². The number of benzene rings is 2. The van der Waals surface area contributed by atoms with Crippen LogP contribution in [0.3, 0.4) is 0 Å². The summed E-state index contributed by atoms with van der Waals surface area (Å²) in [6.07, 6.45) is 1.59. The molecule has 1 aliphatic rings. The molecule has 0 saturated carbocycles. The maximum atomic E-state index is 12.9. The van der Waals surface area contributed by atoms with E-state index in [2.05, 4.69) is 15.6 Å². The fourth-order valence-electron chi connectivity index (χ4n) is 2.98. The van der Waals surface area contributed by atoms with E-state index < -0.39 is 11.8 Å². The number of amides is 3. The van der Waals surface area contributed by atoms with Crippen LogP contribution >= 0.6 is 22.9 Å². The standard InChI is InChI=1S/C21H15ClN4O3S/c1-12-5-2-3-8-15(12)26-19(28)16(22)17(20(26)29)24-14-7-4-6-13(11-14)18(27)25-21-23-9-10-30-21/h2-11,24H,1H3,(H,23,25,27). The quantitative estimate of drug-likeness (QED) is 0.584. The number of rotatable bonds is 5. The Balaban J connectivity index is 1.57. The smallest absolute Gasteiger partial charge is 0.283 e. The van der Waals surface area contributed by atoms with Crippen LogP contribution in [-0.2, 0) is 9.59 Å². The first-order chi connectivity index (χ1) is 14.5. The predicted molar refractivity (Wildman–Crippen MR) is 117 cm³/mol. The number of hydrogen-bond donors (Lipinski definition) is 2. The molecule has 2 heterocycles. The van der Waals surface area contributed by atoms with E-state index in [0.29, 0.717) is 22.1 Å². The molecule has 0 spiro atoms. The molecule has 0 atom stereocenters. The van der Waals surface area contributed by atoms with E-state index in [0.717, 1.165) is 10.5 Å². The molecule has 0 aliphatic carbocycles. The van der Waals surface area contributed by atoms with Crippen LogP contribution in [0.5, 0.6) is 0 Å². The van der Waals surface area contributed by atoms with E-state index in [4.69, 9.17) is 11.6 Å². The summed E-state index contributed by atoms with van der Waals surface area (Å²) in [5, 5.41) is 7.61. The lowest BCUT2D eigenvalue weighted by atomic mass is 10.2. The second kappa shape index (κ2) is 8.10. The lowest BCUT2D eigenvalue weighted by Crippen LogP contribution is -2.32. The Hall–Kier alpha value is -3.49. The van der Waals surface area contributed by atoms with E-state index in [1.807, 2.05) is 6.07 Å². The number of carbonyl (C=O) groups excluding carboxylic acids is 3. The minimum atomic E-state index is -0.601. The Bertz CT molecular complexity index is 1190. The number of imide groups is 1. The summed E-state index contributed by atoms with van der Waals surface area (Å²) >= 11 is 7.49. The van der Waals surface area contributed by atoms with E-state index in [-0.39, 0.29) is 16.6 Å². The molecule has 0 bridgehead atoms. The monoisotopic (exact) mass is 438 g/mol. The van der Waals surface area contributed by atoms with Crippen molar-refractivity contribution in [3.63, 3.8) is 0 Å². The van der Waals surface area contributed by atoms with Gasteiger partial charge in [-0.25, -0.2) is 9.88 Å². The zero-order valence-electron chi connectivity index (χ0n) is 15.7. The molecular formula is C21H15ClN4O3S. The molecule has 4 rings (SSSR count). The highest BCUT2D eigenvalue weighted by molar-refractivity contribution is 7.13. The number of hydrogen-bond acceptors (Lipinski definition) is 6. The number of halogens is 1. The van der Waals surface area contributed by atoms with Gasteiger partial charge in [-0.15, -0.1) is 11.3 Å². The van der Waals surface area contributed by atoms with Crippen molar-refractivity contribution in [1.29, 1.82) is 0 Å². The summed E-state index contributed by atoms with van der Waals surface area (Å²) in [4.78, 5) is 43.0. The SMILES string of the molecule is Cc1ccccc1N1C(=O)C(Cl)=C(Nc2cccc(C(=O)Nc3nccs3)c2)C1=O. The van der Waals surface area contributed by atoms with Gasteiger partial charge in [0.1, 0.15) is 10.7 Å². The molecule has 150 valence electrons. The Morgan fingerprint density at radius 1 is 1.10 bits per heavy atom. The maximum Gasteiger partial charge on any atom is 0.283 e. The van der Waals surface area contributed by atoms with Crippen LogP contribution in [0.1, 0.15) is 15.9 Å². The fraction of sp³-hybridized carbons (Fsp3) is 0.0476. The number of aryl methyl sites for hydroxylation is 1. The molecule has 0 unspecified atom stereocenters. The first-order valence-electron chi connectivity index (χ1n) is 8.88. The molecule has 7 nitrogen and oxygen atoms in total. The van der Waals surface area contributed by atoms with E-state index >= 15 is 0 Å². The van der Waals surface area contributed by atoms with E-state index in [9.17, 15) is 14.4 Å². The number of anilines is 3. The van der Waals surface area contributed by atoms with Gasteiger partial charge < -0.3 is 5.32 Å². The second-order valence-electron chi connectivity index (χ2n) is 6.42. The molecule has 2 aromatic carbocycles. The normalized spacial score (nSPS) is 13.7. The van der Waals surface area contributed by atoms with Crippen molar-refractivity contribution in [1.82, 2.24) is 4.98 Å². The summed E-state index contributed by atoms with van der Waals surface area (Å²) < 4.78 is 0. The lowest BCUT2D eigenvalue weighted by Gasteiger charge is -2.17. The average molecular weight is 439 g/mol. The summed E-state index contributed by atoms with van der Waals surface area (Å²) in [7, 11) is 0. The van der Waals surface area contributed by atoms with Gasteiger partial charge in [0.05, 0.1) is 5.69 Å². The molecule has 2 N–H and O–H groups in total. The maximum absolute atomic E-state index is 12.9. The minimum Gasteiger partial charge on any atom is -0.350 e. The molecular weight excluding hydrogens is 424 g/mol. The fourth-order valence-corrected chi connectivity index (χ4v) is 3.72. The largest absolute Gasteiger partial charge is 0.350 e. The van der Waals surface area contributed by atoms with Gasteiger partial charge in [-0.05, 0) is 36.8 Å². The summed E-state index contributed by atoms with van der Waals surface area (Å²) in [5.74, 6) is -1.50. The van der Waals surface area contributed by atoms with Crippen molar-refractivity contribution in [2.75, 3.05) is 15.5 Å². The van der Waals surface area contributed by atoms with Gasteiger partial charge in [-0.1, -0.05) is 35.9 Å². The highest BCUT2D eigenvalue weighted by Gasteiger charge is 2.39. The number of carbonyl (C=O) groups is 3. The zero-order valence-corrected chi connectivity index (χ0v) is 17.3. The van der Waals surface area contributed by atoms with Crippen LogP contribution in [0.15, 0.2) is 70.8 Å². The first-order valence-corrected chi connectivity index (χ1v) is 10.1. The van der Waals surface area contributed by atoms with Gasteiger partial charge >= 0.3 is 0 Å². The number of para-hydroxylation sites is 1. The molecule has 0 fully saturated rings. The number of nitrogens with zero attached hydrogens (tertiary/aromatic N) is 2. The Kier molecular flexibility index (Phi) is 5.35. The lowest BCUT2D eigenvalue weighted by molar-refractivity contribution is -0.120. The van der Waals surface area contributed by atoms with Crippen molar-refractivity contribution in [3.05, 3.63) is 82.0 Å². The van der Waals surface area contributed by atoms with Crippen molar-refractivity contribution < 1.29 is 14.4 Å². The van der Waals surface area contributed by atoms with Crippen molar-refractivity contribution >= 4 is 57.2 Å². The number of thiazole rings is 1. The minimum absolute atomic E-state index is 0.0394. The van der Waals surface area contributed by atoms with Gasteiger partial charge in [0.25, 0.3) is 17.7 Å². The van der Waals surface area contributed by atoms with Gasteiger partial charge in [-0.3, -0.25) is 19.7 Å². The predicted octanol–water partition coefficient (Wildman–Crippen LogP) is 4.14. The van der Waals surface area contributed by atoms with Crippen molar-refractivity contribution in [2.24, 2.45) is 0 Å². The van der Waals surface area contributed by atoms with Gasteiger partial charge in [0, 0.05) is 22.8 Å². The van der Waals surface area contributed by atoms with Gasteiger partial charge in [0.15, 0.2) is 5.13 Å². The first kappa shape index (κ1) is 19.8. The highest BCUT2D eigenvalue weighted by atomic mass is 35.5. The van der Waals surface area contributed by atoms with Gasteiger partial charge in [0.2, 0.25) is 0 Å². The third-order valence-electron chi connectivity index (χ3n) is 4.43. The molecule has 0 radical (unpaired) electrons. The third-order valence-corrected chi connectivity index (χ3v) is 5.47. The average Bonchev–Trinajstić information content (AvgIpc) is 3.32. The summed E-state index contributed by atoms with van der Waals surface area (Å²) in [5.41, 5.74) is 2.01. The van der Waals surface area contributed by atoms with Crippen LogP contribution in [0.25, 0.3) is 0 Å². The number of aromatic nitrogens is 1. The Morgan fingerprint density at radius 2 is 1.90 bits per heavy atom. The van der Waals surface area contributed by atoms with Crippen LogP contribution in [0.2, 0.25) is 0 Å². The molecule has 3 aromatic rings. The molecule has 1 aromatic heterocycles. The molecule has 3 amide bonds. The highest BCUT2D eigenvalue weighted by Crippen LogP contribution is 2.32. The third kappa shape index (κ3) is 3.70. The molecule has 0 saturated heterocycles. The topological polar surface area (TPSA) is 91.4 Å². The molecule has 30 heavy (non-hydrogen) atoms. The van der Waals surface area contributed by atoms with Crippen LogP contribution in [0.4, 0.5) is 16.5 Å². The molecule has 1 aliphatic heterocycles. The van der Waals surface area contributed by atoms with E-state index in [1.165, 1.54) is 11.3 Å².